The number of carboxylic acids is 1. The summed E-state index contributed by atoms with van der Waals surface area (Å²) in [5.41, 5.74) is 0.137. The number of carboxylic acid groups (broad SMARTS) is 1. The first-order valence-electron chi connectivity index (χ1n) is 5.12. The van der Waals surface area contributed by atoms with E-state index in [9.17, 15) is 4.79 Å². The van der Waals surface area contributed by atoms with E-state index in [1.165, 1.54) is 25.7 Å². The topological polar surface area (TPSA) is 50.2 Å². The molecule has 1 aliphatic rings. The fourth-order valence-corrected chi connectivity index (χ4v) is 3.07. The zero-order valence-corrected chi connectivity index (χ0v) is 9.17. The van der Waals surface area contributed by atoms with Crippen LogP contribution >= 0.6 is 11.8 Å². The van der Waals surface area contributed by atoms with E-state index in [4.69, 9.17) is 5.11 Å². The molecule has 2 rings (SSSR count). The van der Waals surface area contributed by atoms with Crippen LogP contribution in [0.5, 0.6) is 0 Å². The lowest BCUT2D eigenvalue weighted by Gasteiger charge is -2.08. The van der Waals surface area contributed by atoms with Gasteiger partial charge in [-0.15, -0.1) is 11.8 Å². The highest BCUT2D eigenvalue weighted by Crippen LogP contribution is 2.34. The Morgan fingerprint density at radius 2 is 2.20 bits per heavy atom. The van der Waals surface area contributed by atoms with Gasteiger partial charge >= 0.3 is 5.97 Å². The van der Waals surface area contributed by atoms with Gasteiger partial charge in [0.15, 0.2) is 0 Å². The van der Waals surface area contributed by atoms with Gasteiger partial charge in [-0.1, -0.05) is 12.8 Å². The van der Waals surface area contributed by atoms with Crippen LogP contribution in [0.1, 0.15) is 36.2 Å². The molecule has 0 amide bonds. The van der Waals surface area contributed by atoms with E-state index in [1.54, 1.807) is 24.0 Å². The molecule has 0 unspecified atom stereocenters. The molecule has 1 fully saturated rings. The first-order valence-corrected chi connectivity index (χ1v) is 5.99. The quantitative estimate of drug-likeness (QED) is 0.856. The summed E-state index contributed by atoms with van der Waals surface area (Å²) in [6.45, 7) is 0. The largest absolute Gasteiger partial charge is 0.477 e. The zero-order valence-electron chi connectivity index (χ0n) is 8.35. The molecule has 1 N–H and O–H groups in total. The van der Waals surface area contributed by atoms with Crippen LogP contribution < -0.4 is 0 Å². The van der Waals surface area contributed by atoms with E-state index in [2.05, 4.69) is 4.98 Å². The third-order valence-electron chi connectivity index (χ3n) is 2.56. The van der Waals surface area contributed by atoms with Gasteiger partial charge in [0.2, 0.25) is 0 Å². The highest BCUT2D eigenvalue weighted by atomic mass is 32.2. The predicted molar refractivity (Wildman–Crippen MR) is 59.3 cm³/mol. The van der Waals surface area contributed by atoms with Gasteiger partial charge in [-0.2, -0.15) is 0 Å². The van der Waals surface area contributed by atoms with Crippen molar-refractivity contribution in [2.24, 2.45) is 0 Å². The average Bonchev–Trinajstić information content (AvgIpc) is 2.71. The summed E-state index contributed by atoms with van der Waals surface area (Å²) in [7, 11) is 0. The molecule has 0 atom stereocenters. The lowest BCUT2D eigenvalue weighted by atomic mass is 10.3. The van der Waals surface area contributed by atoms with Gasteiger partial charge in [0.05, 0.1) is 0 Å². The number of aromatic carboxylic acids is 1. The maximum absolute atomic E-state index is 10.7. The molecule has 15 heavy (non-hydrogen) atoms. The summed E-state index contributed by atoms with van der Waals surface area (Å²) in [5.74, 6) is -0.955. The molecule has 1 heterocycles. The Hall–Kier alpha value is -1.03. The molecule has 80 valence electrons. The number of pyridine rings is 1. The Kier molecular flexibility index (Phi) is 3.26. The summed E-state index contributed by atoms with van der Waals surface area (Å²) in [4.78, 5) is 15.5. The fourth-order valence-electron chi connectivity index (χ4n) is 1.80. The standard InChI is InChI=1S/C11H13NO2S/c13-11(14)10-7-9(5-6-12-10)15-8-3-1-2-4-8/h5-8H,1-4H2,(H,13,14). The van der Waals surface area contributed by atoms with Crippen LogP contribution in [-0.4, -0.2) is 21.3 Å². The number of carbonyl (C=O) groups is 1. The van der Waals surface area contributed by atoms with E-state index in [-0.39, 0.29) is 5.69 Å². The number of thioether (sulfide) groups is 1. The van der Waals surface area contributed by atoms with Crippen molar-refractivity contribution in [1.29, 1.82) is 0 Å². The van der Waals surface area contributed by atoms with Gasteiger partial charge < -0.3 is 5.11 Å². The summed E-state index contributed by atoms with van der Waals surface area (Å²) >= 11 is 1.78. The van der Waals surface area contributed by atoms with E-state index < -0.39 is 5.97 Å². The molecule has 0 bridgehead atoms. The number of aromatic nitrogens is 1. The average molecular weight is 223 g/mol. The van der Waals surface area contributed by atoms with Crippen LogP contribution in [-0.2, 0) is 0 Å². The molecule has 0 spiro atoms. The zero-order chi connectivity index (χ0) is 10.7. The molecule has 0 aromatic carbocycles. The first kappa shape index (κ1) is 10.5. The van der Waals surface area contributed by atoms with Crippen molar-refractivity contribution in [2.75, 3.05) is 0 Å². The van der Waals surface area contributed by atoms with Crippen LogP contribution in [0, 0.1) is 0 Å². The molecule has 1 aromatic rings. The van der Waals surface area contributed by atoms with Crippen LogP contribution in [0.4, 0.5) is 0 Å². The normalized spacial score (nSPS) is 16.8. The van der Waals surface area contributed by atoms with E-state index in [1.807, 2.05) is 6.07 Å². The van der Waals surface area contributed by atoms with Gasteiger partial charge in [-0.05, 0) is 25.0 Å². The van der Waals surface area contributed by atoms with Crippen molar-refractivity contribution in [3.8, 4) is 0 Å². The lowest BCUT2D eigenvalue weighted by molar-refractivity contribution is 0.0690. The summed E-state index contributed by atoms with van der Waals surface area (Å²) in [6.07, 6.45) is 6.66. The smallest absolute Gasteiger partial charge is 0.354 e. The molecule has 1 aromatic heterocycles. The van der Waals surface area contributed by atoms with Crippen molar-refractivity contribution in [1.82, 2.24) is 4.98 Å². The summed E-state index contributed by atoms with van der Waals surface area (Å²) in [6, 6.07) is 3.54. The number of nitrogens with zero attached hydrogens (tertiary/aromatic N) is 1. The summed E-state index contributed by atoms with van der Waals surface area (Å²) in [5, 5.41) is 9.46. The fraction of sp³-hybridized carbons (Fsp3) is 0.455. The molecule has 0 radical (unpaired) electrons. The van der Waals surface area contributed by atoms with Crippen molar-refractivity contribution in [3.63, 3.8) is 0 Å². The van der Waals surface area contributed by atoms with Gasteiger partial charge in [0.1, 0.15) is 5.69 Å². The van der Waals surface area contributed by atoms with Crippen LogP contribution in [0.2, 0.25) is 0 Å². The highest BCUT2D eigenvalue weighted by molar-refractivity contribution is 8.00. The lowest BCUT2D eigenvalue weighted by Crippen LogP contribution is -2.00. The predicted octanol–water partition coefficient (Wildman–Crippen LogP) is 2.81. The van der Waals surface area contributed by atoms with E-state index >= 15 is 0 Å². The molecular weight excluding hydrogens is 210 g/mol. The second-order valence-corrected chi connectivity index (χ2v) is 5.08. The summed E-state index contributed by atoms with van der Waals surface area (Å²) < 4.78 is 0. The van der Waals surface area contributed by atoms with Crippen molar-refractivity contribution in [2.45, 2.75) is 35.8 Å². The maximum Gasteiger partial charge on any atom is 0.354 e. The monoisotopic (exact) mass is 223 g/mol. The minimum absolute atomic E-state index is 0.137. The van der Waals surface area contributed by atoms with Crippen LogP contribution in [0.25, 0.3) is 0 Å². The Labute approximate surface area is 92.9 Å². The van der Waals surface area contributed by atoms with Crippen LogP contribution in [0.15, 0.2) is 23.2 Å². The molecule has 1 aliphatic carbocycles. The molecule has 1 saturated carbocycles. The Balaban J connectivity index is 2.07. The number of hydrogen-bond donors (Lipinski definition) is 1. The van der Waals surface area contributed by atoms with E-state index in [0.29, 0.717) is 5.25 Å². The SMILES string of the molecule is O=C(O)c1cc(SC2CCCC2)ccn1. The molecular formula is C11H13NO2S. The van der Waals surface area contributed by atoms with Crippen LogP contribution in [0.3, 0.4) is 0 Å². The molecule has 0 aliphatic heterocycles. The van der Waals surface area contributed by atoms with E-state index in [0.717, 1.165) is 4.90 Å². The number of rotatable bonds is 3. The Morgan fingerprint density at radius 1 is 1.47 bits per heavy atom. The third-order valence-corrected chi connectivity index (χ3v) is 3.89. The Morgan fingerprint density at radius 3 is 2.87 bits per heavy atom. The van der Waals surface area contributed by atoms with Gasteiger partial charge in [-0.25, -0.2) is 9.78 Å². The molecule has 0 saturated heterocycles. The van der Waals surface area contributed by atoms with Gasteiger partial charge in [0, 0.05) is 16.3 Å². The molecule has 3 nitrogen and oxygen atoms in total. The minimum atomic E-state index is -0.955. The molecule has 4 heteroatoms. The number of hydrogen-bond acceptors (Lipinski definition) is 3. The van der Waals surface area contributed by atoms with Crippen molar-refractivity contribution >= 4 is 17.7 Å². The Bertz CT molecular complexity index is 361. The van der Waals surface area contributed by atoms with Gasteiger partial charge in [-0.3, -0.25) is 0 Å². The maximum atomic E-state index is 10.7. The van der Waals surface area contributed by atoms with Gasteiger partial charge in [0.25, 0.3) is 0 Å². The second-order valence-electron chi connectivity index (χ2n) is 3.71. The minimum Gasteiger partial charge on any atom is -0.477 e. The van der Waals surface area contributed by atoms with Crippen molar-refractivity contribution in [3.05, 3.63) is 24.0 Å². The van der Waals surface area contributed by atoms with Crippen molar-refractivity contribution < 1.29 is 9.90 Å². The first-order chi connectivity index (χ1) is 7.25. The highest BCUT2D eigenvalue weighted by Gasteiger charge is 2.16. The third kappa shape index (κ3) is 2.72. The second kappa shape index (κ2) is 4.66.